The van der Waals surface area contributed by atoms with Gasteiger partial charge in [0.15, 0.2) is 0 Å². The Morgan fingerprint density at radius 1 is 0.889 bits per heavy atom. The third-order valence-corrected chi connectivity index (χ3v) is 2.02. The number of ether oxygens (including phenoxy) is 2. The molecule has 0 atom stereocenters. The number of carbonyl (C=O) groups is 2. The summed E-state index contributed by atoms with van der Waals surface area (Å²) in [7, 11) is 0. The molecule has 2 aromatic heterocycles. The monoisotopic (exact) mass is 250 g/mol. The molecule has 18 heavy (non-hydrogen) atoms. The van der Waals surface area contributed by atoms with E-state index < -0.39 is 11.9 Å². The van der Waals surface area contributed by atoms with E-state index in [4.69, 9.17) is 8.83 Å². The Kier molecular flexibility index (Phi) is 3.80. The van der Waals surface area contributed by atoms with Gasteiger partial charge in [-0.25, -0.2) is 9.59 Å². The normalized spacial score (nSPS) is 10.0. The highest BCUT2D eigenvalue weighted by molar-refractivity contribution is 6.29. The average Bonchev–Trinajstić information content (AvgIpc) is 3.05. The Hall–Kier alpha value is -2.50. The Bertz CT molecular complexity index is 448. The van der Waals surface area contributed by atoms with Crippen molar-refractivity contribution < 1.29 is 27.9 Å². The first-order valence-electron chi connectivity index (χ1n) is 5.14. The van der Waals surface area contributed by atoms with Gasteiger partial charge >= 0.3 is 11.9 Å². The predicted molar refractivity (Wildman–Crippen MR) is 57.0 cm³/mol. The fraction of sp³-hybridized carbons (Fsp3) is 0.167. The van der Waals surface area contributed by atoms with E-state index in [1.807, 2.05) is 0 Å². The molecule has 0 aliphatic heterocycles. The molecular weight excluding hydrogens is 240 g/mol. The van der Waals surface area contributed by atoms with Crippen molar-refractivity contribution in [2.75, 3.05) is 0 Å². The standard InChI is InChI=1S/C12H10O6/c13-11(17-7-9-3-1-5-15-9)12(14)18-8-10-4-2-6-16-10/h1-6H,7-8H2. The summed E-state index contributed by atoms with van der Waals surface area (Å²) in [4.78, 5) is 22.5. The van der Waals surface area contributed by atoms with Crippen molar-refractivity contribution in [3.05, 3.63) is 48.3 Å². The van der Waals surface area contributed by atoms with Gasteiger partial charge in [-0.2, -0.15) is 0 Å². The van der Waals surface area contributed by atoms with Crippen LogP contribution in [0.5, 0.6) is 0 Å². The molecule has 0 radical (unpaired) electrons. The van der Waals surface area contributed by atoms with Gasteiger partial charge in [-0.1, -0.05) is 0 Å². The number of esters is 2. The van der Waals surface area contributed by atoms with Crippen molar-refractivity contribution in [1.82, 2.24) is 0 Å². The van der Waals surface area contributed by atoms with E-state index in [2.05, 4.69) is 9.47 Å². The molecule has 2 heterocycles. The summed E-state index contributed by atoms with van der Waals surface area (Å²) in [6, 6.07) is 6.56. The molecule has 2 rings (SSSR count). The maximum absolute atomic E-state index is 11.2. The zero-order valence-corrected chi connectivity index (χ0v) is 9.33. The molecule has 0 aliphatic carbocycles. The summed E-state index contributed by atoms with van der Waals surface area (Å²) in [6.45, 7) is -0.219. The van der Waals surface area contributed by atoms with Gasteiger partial charge in [0.2, 0.25) is 0 Å². The molecule has 6 heteroatoms. The van der Waals surface area contributed by atoms with Crippen LogP contribution in [0.2, 0.25) is 0 Å². The van der Waals surface area contributed by atoms with Crippen molar-refractivity contribution in [2.24, 2.45) is 0 Å². The number of furan rings is 2. The van der Waals surface area contributed by atoms with E-state index in [1.54, 1.807) is 24.3 Å². The van der Waals surface area contributed by atoms with E-state index in [1.165, 1.54) is 12.5 Å². The fourth-order valence-electron chi connectivity index (χ4n) is 1.18. The highest BCUT2D eigenvalue weighted by atomic mass is 16.6. The van der Waals surface area contributed by atoms with Gasteiger partial charge in [-0.15, -0.1) is 0 Å². The molecule has 0 N–H and O–H groups in total. The lowest BCUT2D eigenvalue weighted by Crippen LogP contribution is -2.19. The van der Waals surface area contributed by atoms with Crippen molar-refractivity contribution in [1.29, 1.82) is 0 Å². The van der Waals surface area contributed by atoms with E-state index in [9.17, 15) is 9.59 Å². The van der Waals surface area contributed by atoms with Crippen LogP contribution in [0.4, 0.5) is 0 Å². The maximum atomic E-state index is 11.2. The summed E-state index contributed by atoms with van der Waals surface area (Å²) < 4.78 is 19.2. The molecule has 0 saturated heterocycles. The van der Waals surface area contributed by atoms with Crippen molar-refractivity contribution in [3.8, 4) is 0 Å². The Morgan fingerprint density at radius 3 is 1.67 bits per heavy atom. The van der Waals surface area contributed by atoms with Gasteiger partial charge in [0.1, 0.15) is 24.7 Å². The fourth-order valence-corrected chi connectivity index (χ4v) is 1.18. The third-order valence-electron chi connectivity index (χ3n) is 2.02. The highest BCUT2D eigenvalue weighted by Gasteiger charge is 2.18. The van der Waals surface area contributed by atoms with E-state index in [0.29, 0.717) is 11.5 Å². The molecule has 0 saturated carbocycles. The van der Waals surface area contributed by atoms with Crippen LogP contribution >= 0.6 is 0 Å². The van der Waals surface area contributed by atoms with Crippen LogP contribution in [0.1, 0.15) is 11.5 Å². The van der Waals surface area contributed by atoms with Crippen molar-refractivity contribution in [2.45, 2.75) is 13.2 Å². The molecule has 0 aliphatic rings. The van der Waals surface area contributed by atoms with Crippen LogP contribution < -0.4 is 0 Å². The third kappa shape index (κ3) is 3.24. The van der Waals surface area contributed by atoms with E-state index in [-0.39, 0.29) is 13.2 Å². The lowest BCUT2D eigenvalue weighted by Gasteiger charge is -2.02. The van der Waals surface area contributed by atoms with Crippen LogP contribution in [0.15, 0.2) is 45.6 Å². The van der Waals surface area contributed by atoms with Gasteiger partial charge < -0.3 is 18.3 Å². The second kappa shape index (κ2) is 5.72. The smallest absolute Gasteiger partial charge is 0.417 e. The van der Waals surface area contributed by atoms with Gasteiger partial charge in [0.05, 0.1) is 12.5 Å². The summed E-state index contributed by atoms with van der Waals surface area (Å²) >= 11 is 0. The summed E-state index contributed by atoms with van der Waals surface area (Å²) in [5, 5.41) is 0. The minimum absolute atomic E-state index is 0.109. The first kappa shape index (κ1) is 12.0. The molecule has 2 aromatic rings. The van der Waals surface area contributed by atoms with Gasteiger partial charge in [-0.3, -0.25) is 0 Å². The summed E-state index contributed by atoms with van der Waals surface area (Å²) in [6.07, 6.45) is 2.89. The van der Waals surface area contributed by atoms with Crippen LogP contribution in [0.25, 0.3) is 0 Å². The van der Waals surface area contributed by atoms with Gasteiger partial charge in [0.25, 0.3) is 0 Å². The van der Waals surface area contributed by atoms with Gasteiger partial charge in [0, 0.05) is 0 Å². The second-order valence-corrected chi connectivity index (χ2v) is 3.31. The molecule has 0 aromatic carbocycles. The Morgan fingerprint density at radius 2 is 1.33 bits per heavy atom. The highest BCUT2D eigenvalue weighted by Crippen LogP contribution is 2.04. The minimum atomic E-state index is -1.07. The summed E-state index contributed by atoms with van der Waals surface area (Å²) in [5.41, 5.74) is 0. The SMILES string of the molecule is O=C(OCc1ccco1)C(=O)OCc1ccco1. The number of hydrogen-bond acceptors (Lipinski definition) is 6. The quantitative estimate of drug-likeness (QED) is 0.606. The molecular formula is C12H10O6. The maximum Gasteiger partial charge on any atom is 0.417 e. The predicted octanol–water partition coefficient (Wildman–Crippen LogP) is 1.66. The van der Waals surface area contributed by atoms with E-state index in [0.717, 1.165) is 0 Å². The number of rotatable bonds is 4. The van der Waals surface area contributed by atoms with Crippen molar-refractivity contribution >= 4 is 11.9 Å². The second-order valence-electron chi connectivity index (χ2n) is 3.31. The molecule has 0 amide bonds. The van der Waals surface area contributed by atoms with Crippen LogP contribution in [0, 0.1) is 0 Å². The van der Waals surface area contributed by atoms with Crippen LogP contribution in [-0.2, 0) is 32.3 Å². The topological polar surface area (TPSA) is 78.9 Å². The van der Waals surface area contributed by atoms with E-state index >= 15 is 0 Å². The van der Waals surface area contributed by atoms with Gasteiger partial charge in [-0.05, 0) is 24.3 Å². The summed E-state index contributed by atoms with van der Waals surface area (Å²) in [5.74, 6) is -1.25. The molecule has 94 valence electrons. The van der Waals surface area contributed by atoms with Crippen LogP contribution in [-0.4, -0.2) is 11.9 Å². The Balaban J connectivity index is 1.73. The zero-order valence-electron chi connectivity index (χ0n) is 9.33. The number of hydrogen-bond donors (Lipinski definition) is 0. The molecule has 0 spiro atoms. The number of carbonyl (C=O) groups excluding carboxylic acids is 2. The molecule has 0 bridgehead atoms. The largest absolute Gasteiger partial charge is 0.466 e. The Labute approximate surface area is 102 Å². The zero-order chi connectivity index (χ0) is 12.8. The molecule has 0 fully saturated rings. The van der Waals surface area contributed by atoms with Crippen LogP contribution in [0.3, 0.4) is 0 Å². The first-order chi connectivity index (χ1) is 8.75. The van der Waals surface area contributed by atoms with Crippen molar-refractivity contribution in [3.63, 3.8) is 0 Å². The average molecular weight is 250 g/mol. The lowest BCUT2D eigenvalue weighted by atomic mass is 10.5. The lowest BCUT2D eigenvalue weighted by molar-refractivity contribution is -0.169. The molecule has 0 unspecified atom stereocenters. The first-order valence-corrected chi connectivity index (χ1v) is 5.14. The molecule has 6 nitrogen and oxygen atoms in total. The minimum Gasteiger partial charge on any atom is -0.466 e.